The van der Waals surface area contributed by atoms with Crippen LogP contribution in [0, 0.1) is 5.92 Å². The van der Waals surface area contributed by atoms with E-state index in [2.05, 4.69) is 32.2 Å². The van der Waals surface area contributed by atoms with E-state index in [-0.39, 0.29) is 29.7 Å². The van der Waals surface area contributed by atoms with Crippen molar-refractivity contribution in [1.82, 2.24) is 15.5 Å². The summed E-state index contributed by atoms with van der Waals surface area (Å²) in [5, 5.41) is 6.52. The number of hydrogen-bond acceptors (Lipinski definition) is 4. The summed E-state index contributed by atoms with van der Waals surface area (Å²) >= 11 is 0. The number of ether oxygens (including phenoxy) is 2. The number of rotatable bonds is 11. The van der Waals surface area contributed by atoms with Crippen LogP contribution in [0.3, 0.4) is 0 Å². The van der Waals surface area contributed by atoms with Crippen molar-refractivity contribution >= 4 is 29.9 Å². The standard InChI is InChI=1S/C21H34F2N4O2.HI/c1-4-9-27-10-8-16(15-27)13-25-21(24-3)26-14-17-6-7-18(28-11-5-2)12-19(17)29-20(22)23;/h6-7,12,16,20H,4-5,8-11,13-15H2,1-3H3,(H2,24,25,26);1H. The lowest BCUT2D eigenvalue weighted by atomic mass is 10.1. The number of alkyl halides is 2. The molecule has 1 fully saturated rings. The Kier molecular flexibility index (Phi) is 13.0. The average molecular weight is 540 g/mol. The number of guanidine groups is 1. The molecule has 1 aliphatic rings. The number of hydrogen-bond donors (Lipinski definition) is 2. The Morgan fingerprint density at radius 2 is 2.07 bits per heavy atom. The van der Waals surface area contributed by atoms with E-state index >= 15 is 0 Å². The normalized spacial score (nSPS) is 17.0. The second-order valence-corrected chi connectivity index (χ2v) is 7.26. The maximum absolute atomic E-state index is 12.8. The summed E-state index contributed by atoms with van der Waals surface area (Å²) < 4.78 is 35.8. The molecule has 1 atom stereocenters. The molecule has 0 aromatic heterocycles. The molecule has 1 unspecified atom stereocenters. The van der Waals surface area contributed by atoms with E-state index in [0.29, 0.717) is 36.3 Å². The van der Waals surface area contributed by atoms with Crippen molar-refractivity contribution in [2.24, 2.45) is 10.9 Å². The van der Waals surface area contributed by atoms with Gasteiger partial charge in [-0.2, -0.15) is 8.78 Å². The zero-order valence-corrected chi connectivity index (χ0v) is 20.5. The molecule has 1 aromatic rings. The van der Waals surface area contributed by atoms with Crippen molar-refractivity contribution in [2.75, 3.05) is 39.8 Å². The van der Waals surface area contributed by atoms with E-state index < -0.39 is 6.61 Å². The van der Waals surface area contributed by atoms with Crippen molar-refractivity contribution in [3.63, 3.8) is 0 Å². The van der Waals surface area contributed by atoms with Gasteiger partial charge in [-0.25, -0.2) is 0 Å². The first-order chi connectivity index (χ1) is 14.0. The molecule has 6 nitrogen and oxygen atoms in total. The number of halogens is 3. The van der Waals surface area contributed by atoms with E-state index in [4.69, 9.17) is 4.74 Å². The average Bonchev–Trinajstić information content (AvgIpc) is 3.15. The third-order valence-corrected chi connectivity index (χ3v) is 4.87. The van der Waals surface area contributed by atoms with Crippen molar-refractivity contribution in [2.45, 2.75) is 46.3 Å². The Labute approximate surface area is 195 Å². The van der Waals surface area contributed by atoms with Crippen molar-refractivity contribution in [3.05, 3.63) is 23.8 Å². The first kappa shape index (κ1) is 26.7. The van der Waals surface area contributed by atoms with Gasteiger partial charge >= 0.3 is 6.61 Å². The largest absolute Gasteiger partial charge is 0.493 e. The quantitative estimate of drug-likeness (QED) is 0.252. The summed E-state index contributed by atoms with van der Waals surface area (Å²) in [7, 11) is 1.70. The molecule has 30 heavy (non-hydrogen) atoms. The van der Waals surface area contributed by atoms with Crippen LogP contribution in [0.4, 0.5) is 8.78 Å². The van der Waals surface area contributed by atoms with Crippen LogP contribution in [0.2, 0.25) is 0 Å². The monoisotopic (exact) mass is 540 g/mol. The number of likely N-dealkylation sites (tertiary alicyclic amines) is 1. The maximum Gasteiger partial charge on any atom is 0.387 e. The zero-order valence-electron chi connectivity index (χ0n) is 18.1. The first-order valence-corrected chi connectivity index (χ1v) is 10.4. The van der Waals surface area contributed by atoms with Crippen LogP contribution in [-0.2, 0) is 6.54 Å². The fraction of sp³-hybridized carbons (Fsp3) is 0.667. The highest BCUT2D eigenvalue weighted by molar-refractivity contribution is 14.0. The minimum atomic E-state index is -2.89. The molecule has 1 aliphatic heterocycles. The van der Waals surface area contributed by atoms with Crippen LogP contribution in [0.1, 0.15) is 38.7 Å². The molecule has 0 radical (unpaired) electrons. The predicted octanol–water partition coefficient (Wildman–Crippen LogP) is 4.09. The highest BCUT2D eigenvalue weighted by atomic mass is 127. The molecule has 0 bridgehead atoms. The summed E-state index contributed by atoms with van der Waals surface area (Å²) in [5.74, 6) is 1.87. The molecular weight excluding hydrogens is 505 g/mol. The highest BCUT2D eigenvalue weighted by Gasteiger charge is 2.21. The van der Waals surface area contributed by atoms with E-state index in [9.17, 15) is 8.78 Å². The number of nitrogens with zero attached hydrogens (tertiary/aromatic N) is 2. The van der Waals surface area contributed by atoms with Gasteiger partial charge in [-0.1, -0.05) is 13.8 Å². The predicted molar refractivity (Wildman–Crippen MR) is 127 cm³/mol. The molecule has 9 heteroatoms. The van der Waals surface area contributed by atoms with Crippen LogP contribution in [-0.4, -0.2) is 57.3 Å². The topological polar surface area (TPSA) is 58.1 Å². The summed E-state index contributed by atoms with van der Waals surface area (Å²) in [6, 6.07) is 5.01. The molecule has 1 aromatic carbocycles. The Morgan fingerprint density at radius 3 is 2.73 bits per heavy atom. The van der Waals surface area contributed by atoms with Gasteiger partial charge in [0, 0.05) is 38.3 Å². The van der Waals surface area contributed by atoms with Crippen LogP contribution < -0.4 is 20.1 Å². The SMILES string of the molecule is CCCOc1ccc(CNC(=NC)NCC2CCN(CCC)C2)c(OC(F)F)c1.I. The number of aliphatic imine (C=N–C) groups is 1. The lowest BCUT2D eigenvalue weighted by Gasteiger charge is -2.18. The third kappa shape index (κ3) is 9.20. The van der Waals surface area contributed by atoms with E-state index in [1.807, 2.05) is 6.92 Å². The van der Waals surface area contributed by atoms with Gasteiger partial charge in [-0.15, -0.1) is 24.0 Å². The molecule has 1 saturated heterocycles. The second kappa shape index (κ2) is 14.6. The van der Waals surface area contributed by atoms with Gasteiger partial charge in [0.25, 0.3) is 0 Å². The summed E-state index contributed by atoms with van der Waals surface area (Å²) in [4.78, 5) is 6.72. The molecule has 1 heterocycles. The first-order valence-electron chi connectivity index (χ1n) is 10.4. The zero-order chi connectivity index (χ0) is 21.1. The third-order valence-electron chi connectivity index (χ3n) is 4.87. The van der Waals surface area contributed by atoms with Gasteiger partial charge in [0.05, 0.1) is 6.61 Å². The minimum Gasteiger partial charge on any atom is -0.493 e. The summed E-state index contributed by atoms with van der Waals surface area (Å²) in [5.41, 5.74) is 0.618. The van der Waals surface area contributed by atoms with Crippen molar-refractivity contribution < 1.29 is 18.3 Å². The summed E-state index contributed by atoms with van der Waals surface area (Å²) in [6.07, 6.45) is 3.19. The Balaban J connectivity index is 0.00000450. The highest BCUT2D eigenvalue weighted by Crippen LogP contribution is 2.26. The van der Waals surface area contributed by atoms with Gasteiger partial charge in [-0.05, 0) is 50.4 Å². The molecule has 172 valence electrons. The number of nitrogens with one attached hydrogen (secondary N) is 2. The van der Waals surface area contributed by atoms with Gasteiger partial charge in [0.2, 0.25) is 0 Å². The van der Waals surface area contributed by atoms with E-state index in [1.165, 1.54) is 18.9 Å². The molecule has 0 amide bonds. The lowest BCUT2D eigenvalue weighted by molar-refractivity contribution is -0.0505. The van der Waals surface area contributed by atoms with E-state index in [0.717, 1.165) is 32.6 Å². The Morgan fingerprint density at radius 1 is 1.27 bits per heavy atom. The maximum atomic E-state index is 12.8. The molecular formula is C21H35F2IN4O2. The van der Waals surface area contributed by atoms with Crippen LogP contribution in [0.15, 0.2) is 23.2 Å². The second-order valence-electron chi connectivity index (χ2n) is 7.26. The van der Waals surface area contributed by atoms with Crippen LogP contribution >= 0.6 is 24.0 Å². The Hall–Kier alpha value is -1.36. The lowest BCUT2D eigenvalue weighted by Crippen LogP contribution is -2.40. The molecule has 2 rings (SSSR count). The van der Waals surface area contributed by atoms with E-state index in [1.54, 1.807) is 19.2 Å². The fourth-order valence-electron chi connectivity index (χ4n) is 3.44. The molecule has 0 saturated carbocycles. The summed E-state index contributed by atoms with van der Waals surface area (Å²) in [6.45, 7) is 6.38. The van der Waals surface area contributed by atoms with Gasteiger partial charge < -0.3 is 25.0 Å². The van der Waals surface area contributed by atoms with Crippen molar-refractivity contribution in [3.8, 4) is 11.5 Å². The molecule has 0 spiro atoms. The molecule has 0 aliphatic carbocycles. The van der Waals surface area contributed by atoms with Crippen LogP contribution in [0.25, 0.3) is 0 Å². The fourth-order valence-corrected chi connectivity index (χ4v) is 3.44. The number of benzene rings is 1. The minimum absolute atomic E-state index is 0. The van der Waals surface area contributed by atoms with Gasteiger partial charge in [-0.3, -0.25) is 4.99 Å². The smallest absolute Gasteiger partial charge is 0.387 e. The van der Waals surface area contributed by atoms with Crippen molar-refractivity contribution in [1.29, 1.82) is 0 Å². The Bertz CT molecular complexity index is 649. The van der Waals surface area contributed by atoms with Gasteiger partial charge in [0.1, 0.15) is 11.5 Å². The van der Waals surface area contributed by atoms with Crippen LogP contribution in [0.5, 0.6) is 11.5 Å². The van der Waals surface area contributed by atoms with Gasteiger partial charge in [0.15, 0.2) is 5.96 Å². The molecule has 2 N–H and O–H groups in total.